The zero-order valence-corrected chi connectivity index (χ0v) is 19.3. The molecule has 1 aliphatic carbocycles. The Bertz CT molecular complexity index is 761. The fourth-order valence-corrected chi connectivity index (χ4v) is 5.73. The second-order valence-corrected chi connectivity index (χ2v) is 10.4. The van der Waals surface area contributed by atoms with Gasteiger partial charge in [-0.25, -0.2) is 8.42 Å². The lowest BCUT2D eigenvalue weighted by atomic mass is 9.83. The molecule has 1 fully saturated rings. The van der Waals surface area contributed by atoms with E-state index in [1.165, 1.54) is 11.4 Å². The maximum atomic E-state index is 12.9. The number of aliphatic hydroxyl groups excluding tert-OH is 1. The van der Waals surface area contributed by atoms with Gasteiger partial charge in [0.2, 0.25) is 10.0 Å². The predicted octanol–water partition coefficient (Wildman–Crippen LogP) is 4.37. The number of rotatable bonds is 11. The highest BCUT2D eigenvalue weighted by molar-refractivity contribution is 7.89. The molecule has 0 saturated heterocycles. The maximum Gasteiger partial charge on any atom is 0.416 e. The van der Waals surface area contributed by atoms with Crippen LogP contribution in [0.25, 0.3) is 0 Å². The van der Waals surface area contributed by atoms with Crippen molar-refractivity contribution < 1.29 is 26.7 Å². The molecule has 1 aliphatic rings. The largest absolute Gasteiger partial charge is 0.416 e. The van der Waals surface area contributed by atoms with Crippen LogP contribution in [0.15, 0.2) is 29.2 Å². The van der Waals surface area contributed by atoms with Crippen molar-refractivity contribution in [1.29, 1.82) is 0 Å². The number of hydrogen-bond acceptors (Lipinski definition) is 4. The molecular weight excluding hydrogens is 429 g/mol. The van der Waals surface area contributed by atoms with Gasteiger partial charge in [-0.2, -0.15) is 17.5 Å². The van der Waals surface area contributed by atoms with Crippen molar-refractivity contribution in [2.24, 2.45) is 5.92 Å². The molecule has 0 aliphatic heterocycles. The van der Waals surface area contributed by atoms with Crippen LogP contribution in [0.1, 0.15) is 57.4 Å². The van der Waals surface area contributed by atoms with Crippen LogP contribution in [0.4, 0.5) is 13.2 Å². The van der Waals surface area contributed by atoms with E-state index >= 15 is 0 Å². The van der Waals surface area contributed by atoms with E-state index in [4.69, 9.17) is 5.11 Å². The van der Waals surface area contributed by atoms with E-state index in [0.29, 0.717) is 12.5 Å². The van der Waals surface area contributed by atoms with E-state index in [1.807, 2.05) is 0 Å². The summed E-state index contributed by atoms with van der Waals surface area (Å²) in [7, 11) is -2.29. The van der Waals surface area contributed by atoms with Crippen molar-refractivity contribution in [2.75, 3.05) is 33.3 Å². The van der Waals surface area contributed by atoms with Gasteiger partial charge in [0.15, 0.2) is 0 Å². The zero-order valence-electron chi connectivity index (χ0n) is 18.4. The van der Waals surface area contributed by atoms with Crippen LogP contribution in [0.5, 0.6) is 0 Å². The SMILES string of the molecule is CCN(CCO)CCCC[C@H]1CC[C@H](N(C)S(=O)(=O)c2ccc(C(F)(F)F)cc2)CC1. The molecule has 0 bridgehead atoms. The summed E-state index contributed by atoms with van der Waals surface area (Å²) in [5, 5.41) is 9.04. The van der Waals surface area contributed by atoms with Gasteiger partial charge in [0, 0.05) is 19.6 Å². The fourth-order valence-electron chi connectivity index (χ4n) is 4.31. The highest BCUT2D eigenvalue weighted by Gasteiger charge is 2.33. The highest BCUT2D eigenvalue weighted by atomic mass is 32.2. The summed E-state index contributed by atoms with van der Waals surface area (Å²) in [5.41, 5.74) is -0.854. The van der Waals surface area contributed by atoms with Crippen LogP contribution in [0.3, 0.4) is 0 Å². The molecule has 9 heteroatoms. The molecule has 0 aromatic heterocycles. The second-order valence-electron chi connectivity index (χ2n) is 8.37. The van der Waals surface area contributed by atoms with Crippen LogP contribution < -0.4 is 0 Å². The van der Waals surface area contributed by atoms with Crippen LogP contribution in [0, 0.1) is 5.92 Å². The number of benzene rings is 1. The summed E-state index contributed by atoms with van der Waals surface area (Å²) in [6, 6.07) is 3.59. The molecule has 1 N–H and O–H groups in total. The average molecular weight is 465 g/mol. The van der Waals surface area contributed by atoms with E-state index in [2.05, 4.69) is 11.8 Å². The number of unbranched alkanes of at least 4 members (excludes halogenated alkanes) is 1. The van der Waals surface area contributed by atoms with Crippen LogP contribution in [-0.2, 0) is 16.2 Å². The van der Waals surface area contributed by atoms with Gasteiger partial charge < -0.3 is 10.0 Å². The summed E-state index contributed by atoms with van der Waals surface area (Å²) >= 11 is 0. The average Bonchev–Trinajstić information content (AvgIpc) is 2.75. The Balaban J connectivity index is 1.82. The predicted molar refractivity (Wildman–Crippen MR) is 115 cm³/mol. The minimum atomic E-state index is -4.49. The van der Waals surface area contributed by atoms with Gasteiger partial charge in [-0.05, 0) is 75.4 Å². The summed E-state index contributed by atoms with van der Waals surface area (Å²) < 4.78 is 65.2. The first-order chi connectivity index (χ1) is 14.6. The number of aliphatic hydroxyl groups is 1. The van der Waals surface area contributed by atoms with Crippen LogP contribution >= 0.6 is 0 Å². The van der Waals surface area contributed by atoms with Gasteiger partial charge in [0.05, 0.1) is 17.1 Å². The summed E-state index contributed by atoms with van der Waals surface area (Å²) in [5.74, 6) is 0.589. The number of alkyl halides is 3. The van der Waals surface area contributed by atoms with Gasteiger partial charge in [-0.1, -0.05) is 19.8 Å². The third-order valence-electron chi connectivity index (χ3n) is 6.39. The third-order valence-corrected chi connectivity index (χ3v) is 8.31. The molecule has 0 amide bonds. The van der Waals surface area contributed by atoms with E-state index in [1.54, 1.807) is 0 Å². The Morgan fingerprint density at radius 3 is 2.16 bits per heavy atom. The molecule has 0 spiro atoms. The summed E-state index contributed by atoms with van der Waals surface area (Å²) in [6.45, 7) is 4.90. The Morgan fingerprint density at radius 2 is 1.65 bits per heavy atom. The Morgan fingerprint density at radius 1 is 1.03 bits per heavy atom. The van der Waals surface area contributed by atoms with Crippen molar-refractivity contribution in [3.05, 3.63) is 29.8 Å². The highest BCUT2D eigenvalue weighted by Crippen LogP contribution is 2.34. The number of nitrogens with zero attached hydrogens (tertiary/aromatic N) is 2. The third kappa shape index (κ3) is 7.44. The number of hydrogen-bond donors (Lipinski definition) is 1. The fraction of sp³-hybridized carbons (Fsp3) is 0.727. The molecule has 31 heavy (non-hydrogen) atoms. The van der Waals surface area contributed by atoms with Crippen LogP contribution in [0.2, 0.25) is 0 Å². The van der Waals surface area contributed by atoms with Gasteiger partial charge in [0.25, 0.3) is 0 Å². The van der Waals surface area contributed by atoms with E-state index in [0.717, 1.165) is 82.3 Å². The van der Waals surface area contributed by atoms with E-state index in [9.17, 15) is 21.6 Å². The summed E-state index contributed by atoms with van der Waals surface area (Å²) in [4.78, 5) is 2.13. The molecule has 5 nitrogen and oxygen atoms in total. The molecule has 178 valence electrons. The molecule has 0 unspecified atom stereocenters. The molecule has 0 heterocycles. The quantitative estimate of drug-likeness (QED) is 0.494. The van der Waals surface area contributed by atoms with Gasteiger partial charge in [-0.15, -0.1) is 0 Å². The monoisotopic (exact) mass is 464 g/mol. The molecule has 2 rings (SSSR count). The van der Waals surface area contributed by atoms with Crippen molar-refractivity contribution in [2.45, 2.75) is 69.0 Å². The van der Waals surface area contributed by atoms with Crippen molar-refractivity contribution in [3.8, 4) is 0 Å². The first-order valence-electron chi connectivity index (χ1n) is 11.1. The summed E-state index contributed by atoms with van der Waals surface area (Å²) in [6.07, 6.45) is 2.32. The molecule has 0 atom stereocenters. The smallest absolute Gasteiger partial charge is 0.395 e. The first kappa shape index (κ1) is 26.1. The Labute approximate surface area is 184 Å². The lowest BCUT2D eigenvalue weighted by Crippen LogP contribution is -2.39. The first-order valence-corrected chi connectivity index (χ1v) is 12.5. The standard InChI is InChI=1S/C22H35F3N2O3S/c1-3-27(16-17-28)15-5-4-6-18-7-11-20(12-8-18)26(2)31(29,30)21-13-9-19(10-14-21)22(23,24)25/h9-10,13-14,18,20,28H,3-8,11-12,15-17H2,1-2H3/t18-,20-. The van der Waals surface area contributed by atoms with Gasteiger partial charge in [-0.3, -0.25) is 0 Å². The van der Waals surface area contributed by atoms with Crippen molar-refractivity contribution >= 4 is 10.0 Å². The Kier molecular flexibility index (Phi) is 9.79. The normalized spacial score (nSPS) is 20.5. The van der Waals surface area contributed by atoms with Crippen LogP contribution in [-0.4, -0.2) is 62.1 Å². The Hall–Kier alpha value is -1.16. The lowest BCUT2D eigenvalue weighted by molar-refractivity contribution is -0.137. The number of halogens is 3. The van der Waals surface area contributed by atoms with Crippen molar-refractivity contribution in [3.63, 3.8) is 0 Å². The molecule has 0 radical (unpaired) electrons. The number of likely N-dealkylation sites (N-methyl/N-ethyl adjacent to an activating group) is 1. The minimum Gasteiger partial charge on any atom is -0.395 e. The lowest BCUT2D eigenvalue weighted by Gasteiger charge is -2.34. The van der Waals surface area contributed by atoms with E-state index in [-0.39, 0.29) is 17.5 Å². The molecule has 1 saturated carbocycles. The molecular formula is C22H35F3N2O3S. The number of sulfonamides is 1. The van der Waals surface area contributed by atoms with E-state index < -0.39 is 21.8 Å². The van der Waals surface area contributed by atoms with Gasteiger partial charge >= 0.3 is 6.18 Å². The molecule has 1 aromatic rings. The maximum absolute atomic E-state index is 12.9. The van der Waals surface area contributed by atoms with Gasteiger partial charge in [0.1, 0.15) is 0 Å². The second kappa shape index (κ2) is 11.6. The minimum absolute atomic E-state index is 0.103. The van der Waals surface area contributed by atoms with Crippen molar-refractivity contribution in [1.82, 2.24) is 9.21 Å². The topological polar surface area (TPSA) is 60.9 Å². The zero-order chi connectivity index (χ0) is 23.1. The molecule has 1 aromatic carbocycles.